The lowest BCUT2D eigenvalue weighted by Crippen LogP contribution is -2.09. The zero-order valence-electron chi connectivity index (χ0n) is 11.6. The second-order valence-corrected chi connectivity index (χ2v) is 6.54. The molecule has 0 spiro atoms. The molecule has 4 nitrogen and oxygen atoms in total. The van der Waals surface area contributed by atoms with Crippen LogP contribution in [0.15, 0.2) is 48.5 Å². The lowest BCUT2D eigenvalue weighted by atomic mass is 10.1. The fourth-order valence-corrected chi connectivity index (χ4v) is 2.37. The molecular weight excluding hydrogens is 272 g/mol. The molecule has 0 atom stereocenters. The van der Waals surface area contributed by atoms with Crippen LogP contribution in [0.1, 0.15) is 11.1 Å². The van der Waals surface area contributed by atoms with Crippen LogP contribution < -0.4 is 10.0 Å². The second-order valence-electron chi connectivity index (χ2n) is 4.79. The number of benzene rings is 2. The third-order valence-electron chi connectivity index (χ3n) is 2.78. The predicted octanol–water partition coefficient (Wildman–Crippen LogP) is 2.98. The average molecular weight is 290 g/mol. The smallest absolute Gasteiger partial charge is 0.229 e. The van der Waals surface area contributed by atoms with Gasteiger partial charge in [-0.1, -0.05) is 35.9 Å². The largest absolute Gasteiger partial charge is 0.381 e. The maximum Gasteiger partial charge on any atom is 0.229 e. The Hall–Kier alpha value is -2.01. The standard InChI is InChI=1S/C15H18N2O2S/c1-12-6-8-13(9-7-12)11-16-14-4-3-5-15(10-14)17-20(2,18)19/h3-10,16-17H,11H2,1-2H3. The summed E-state index contributed by atoms with van der Waals surface area (Å²) in [5, 5.41) is 3.27. The summed E-state index contributed by atoms with van der Waals surface area (Å²) >= 11 is 0. The van der Waals surface area contributed by atoms with E-state index < -0.39 is 10.0 Å². The molecule has 0 heterocycles. The van der Waals surface area contributed by atoms with Crippen molar-refractivity contribution in [3.63, 3.8) is 0 Å². The van der Waals surface area contributed by atoms with Gasteiger partial charge >= 0.3 is 0 Å². The number of nitrogens with one attached hydrogen (secondary N) is 2. The lowest BCUT2D eigenvalue weighted by molar-refractivity contribution is 0.607. The Morgan fingerprint density at radius 1 is 1.00 bits per heavy atom. The molecule has 2 aromatic carbocycles. The van der Waals surface area contributed by atoms with E-state index in [0.717, 1.165) is 11.9 Å². The van der Waals surface area contributed by atoms with Crippen molar-refractivity contribution in [2.45, 2.75) is 13.5 Å². The van der Waals surface area contributed by atoms with Gasteiger partial charge in [0.1, 0.15) is 0 Å². The van der Waals surface area contributed by atoms with Crippen LogP contribution in [0, 0.1) is 6.92 Å². The molecule has 0 amide bonds. The number of anilines is 2. The number of aryl methyl sites for hydroxylation is 1. The van der Waals surface area contributed by atoms with Crippen LogP contribution in [0.5, 0.6) is 0 Å². The molecule has 0 saturated heterocycles. The highest BCUT2D eigenvalue weighted by Crippen LogP contribution is 2.17. The van der Waals surface area contributed by atoms with Crippen LogP contribution in [0.25, 0.3) is 0 Å². The molecule has 2 N–H and O–H groups in total. The van der Waals surface area contributed by atoms with Crippen molar-refractivity contribution >= 4 is 21.4 Å². The van der Waals surface area contributed by atoms with Gasteiger partial charge in [-0.05, 0) is 30.7 Å². The molecule has 0 aliphatic heterocycles. The fourth-order valence-electron chi connectivity index (χ4n) is 1.82. The van der Waals surface area contributed by atoms with Gasteiger partial charge in [0.25, 0.3) is 0 Å². The minimum Gasteiger partial charge on any atom is -0.381 e. The van der Waals surface area contributed by atoms with Crippen molar-refractivity contribution in [2.24, 2.45) is 0 Å². The van der Waals surface area contributed by atoms with E-state index in [2.05, 4.69) is 41.2 Å². The number of hydrogen-bond acceptors (Lipinski definition) is 3. The summed E-state index contributed by atoms with van der Waals surface area (Å²) in [5.41, 5.74) is 3.84. The Labute approximate surface area is 119 Å². The third-order valence-corrected chi connectivity index (χ3v) is 3.39. The van der Waals surface area contributed by atoms with Crippen LogP contribution in [0.3, 0.4) is 0 Å². The van der Waals surface area contributed by atoms with Crippen molar-refractivity contribution < 1.29 is 8.42 Å². The summed E-state index contributed by atoms with van der Waals surface area (Å²) in [6.45, 7) is 2.75. The van der Waals surface area contributed by atoms with E-state index in [9.17, 15) is 8.42 Å². The van der Waals surface area contributed by atoms with Crippen molar-refractivity contribution in [2.75, 3.05) is 16.3 Å². The molecule has 0 saturated carbocycles. The van der Waals surface area contributed by atoms with Crippen LogP contribution in [-0.4, -0.2) is 14.7 Å². The normalized spacial score (nSPS) is 11.1. The highest BCUT2D eigenvalue weighted by atomic mass is 32.2. The Balaban J connectivity index is 2.03. The van der Waals surface area contributed by atoms with Crippen LogP contribution in [0.4, 0.5) is 11.4 Å². The first-order chi connectivity index (χ1) is 9.42. The number of hydrogen-bond donors (Lipinski definition) is 2. The number of sulfonamides is 1. The van der Waals surface area contributed by atoms with Crippen LogP contribution in [0.2, 0.25) is 0 Å². The highest BCUT2D eigenvalue weighted by Gasteiger charge is 2.02. The maximum absolute atomic E-state index is 11.2. The Bertz CT molecular complexity index is 679. The second kappa shape index (κ2) is 5.96. The van der Waals surface area contributed by atoms with Gasteiger partial charge in [0.15, 0.2) is 0 Å². The van der Waals surface area contributed by atoms with Gasteiger partial charge in [-0.2, -0.15) is 0 Å². The van der Waals surface area contributed by atoms with E-state index in [-0.39, 0.29) is 0 Å². The maximum atomic E-state index is 11.2. The summed E-state index contributed by atoms with van der Waals surface area (Å²) < 4.78 is 24.8. The van der Waals surface area contributed by atoms with E-state index in [1.54, 1.807) is 12.1 Å². The van der Waals surface area contributed by atoms with E-state index in [4.69, 9.17) is 0 Å². The van der Waals surface area contributed by atoms with E-state index in [1.807, 2.05) is 12.1 Å². The van der Waals surface area contributed by atoms with Gasteiger partial charge in [-0.15, -0.1) is 0 Å². The predicted molar refractivity (Wildman–Crippen MR) is 83.4 cm³/mol. The molecule has 20 heavy (non-hydrogen) atoms. The lowest BCUT2D eigenvalue weighted by Gasteiger charge is -2.09. The van der Waals surface area contributed by atoms with E-state index in [0.29, 0.717) is 12.2 Å². The highest BCUT2D eigenvalue weighted by molar-refractivity contribution is 7.92. The Morgan fingerprint density at radius 2 is 1.65 bits per heavy atom. The van der Waals surface area contributed by atoms with Crippen molar-refractivity contribution in [1.29, 1.82) is 0 Å². The molecule has 106 valence electrons. The van der Waals surface area contributed by atoms with Crippen molar-refractivity contribution in [3.05, 3.63) is 59.7 Å². The van der Waals surface area contributed by atoms with Crippen molar-refractivity contribution in [1.82, 2.24) is 0 Å². The first-order valence-electron chi connectivity index (χ1n) is 6.30. The molecule has 5 heteroatoms. The monoisotopic (exact) mass is 290 g/mol. The summed E-state index contributed by atoms with van der Waals surface area (Å²) in [6.07, 6.45) is 1.14. The minimum atomic E-state index is -3.24. The Kier molecular flexibility index (Phi) is 4.29. The molecule has 0 radical (unpaired) electrons. The molecule has 0 bridgehead atoms. The minimum absolute atomic E-state index is 0.557. The summed E-state index contributed by atoms with van der Waals surface area (Å²) in [7, 11) is -3.24. The molecule has 0 aromatic heterocycles. The molecule has 0 fully saturated rings. The summed E-state index contributed by atoms with van der Waals surface area (Å²) in [4.78, 5) is 0. The fraction of sp³-hybridized carbons (Fsp3) is 0.200. The van der Waals surface area contributed by atoms with Crippen LogP contribution >= 0.6 is 0 Å². The van der Waals surface area contributed by atoms with E-state index >= 15 is 0 Å². The first kappa shape index (κ1) is 14.4. The zero-order chi connectivity index (χ0) is 14.6. The van der Waals surface area contributed by atoms with Gasteiger partial charge in [0.2, 0.25) is 10.0 Å². The van der Waals surface area contributed by atoms with Gasteiger partial charge in [-0.3, -0.25) is 4.72 Å². The number of rotatable bonds is 5. The average Bonchev–Trinajstić information content (AvgIpc) is 2.36. The van der Waals surface area contributed by atoms with E-state index in [1.165, 1.54) is 11.1 Å². The molecular formula is C15H18N2O2S. The quantitative estimate of drug-likeness (QED) is 0.890. The van der Waals surface area contributed by atoms with Gasteiger partial charge in [-0.25, -0.2) is 8.42 Å². The van der Waals surface area contributed by atoms with Gasteiger partial charge in [0, 0.05) is 12.2 Å². The topological polar surface area (TPSA) is 58.2 Å². The molecule has 2 rings (SSSR count). The van der Waals surface area contributed by atoms with Gasteiger partial charge in [0.05, 0.1) is 11.9 Å². The van der Waals surface area contributed by atoms with Gasteiger partial charge < -0.3 is 5.32 Å². The molecule has 0 unspecified atom stereocenters. The molecule has 2 aromatic rings. The summed E-state index contributed by atoms with van der Waals surface area (Å²) in [6, 6.07) is 15.5. The molecule has 0 aliphatic rings. The third kappa shape index (κ3) is 4.59. The van der Waals surface area contributed by atoms with Crippen molar-refractivity contribution in [3.8, 4) is 0 Å². The first-order valence-corrected chi connectivity index (χ1v) is 8.19. The zero-order valence-corrected chi connectivity index (χ0v) is 12.4. The summed E-state index contributed by atoms with van der Waals surface area (Å²) in [5.74, 6) is 0. The molecule has 0 aliphatic carbocycles. The SMILES string of the molecule is Cc1ccc(CNc2cccc(NS(C)(=O)=O)c2)cc1. The Morgan fingerprint density at radius 3 is 2.30 bits per heavy atom. The van der Waals surface area contributed by atoms with Crippen LogP contribution in [-0.2, 0) is 16.6 Å².